The summed E-state index contributed by atoms with van der Waals surface area (Å²) in [6.45, 7) is 0. The van der Waals surface area contributed by atoms with Crippen molar-refractivity contribution in [3.05, 3.63) is 21.8 Å². The average Bonchev–Trinajstić information content (AvgIpc) is 1.92. The summed E-state index contributed by atoms with van der Waals surface area (Å²) in [5.74, 6) is 0. The highest BCUT2D eigenvalue weighted by Gasteiger charge is 2.05. The highest BCUT2D eigenvalue weighted by molar-refractivity contribution is 14.1. The number of alkyl halides is 1. The van der Waals surface area contributed by atoms with E-state index in [9.17, 15) is 0 Å². The lowest BCUT2D eigenvalue weighted by Crippen LogP contribution is -1.95. The Balaban J connectivity index is 2.56. The van der Waals surface area contributed by atoms with Gasteiger partial charge in [0, 0.05) is 3.92 Å². The van der Waals surface area contributed by atoms with E-state index >= 15 is 0 Å². The van der Waals surface area contributed by atoms with Crippen LogP contribution in [0, 0.1) is 0 Å². The molecular weight excluding hydrogens is 350 g/mol. The molecule has 1 rings (SSSR count). The second-order valence-electron chi connectivity index (χ2n) is 2.34. The molecular formula is C8H10I2. The van der Waals surface area contributed by atoms with Gasteiger partial charge in [0.15, 0.2) is 0 Å². The van der Waals surface area contributed by atoms with Gasteiger partial charge in [-0.3, -0.25) is 0 Å². The predicted octanol–water partition coefficient (Wildman–Crippen LogP) is 3.85. The first kappa shape index (κ1) is 9.03. The van der Waals surface area contributed by atoms with Crippen molar-refractivity contribution >= 4 is 45.2 Å². The molecule has 1 aliphatic rings. The van der Waals surface area contributed by atoms with Crippen LogP contribution < -0.4 is 0 Å². The van der Waals surface area contributed by atoms with Crippen LogP contribution in [0.2, 0.25) is 0 Å². The van der Waals surface area contributed by atoms with E-state index < -0.39 is 0 Å². The lowest BCUT2D eigenvalue weighted by Gasteiger charge is -2.07. The van der Waals surface area contributed by atoms with Gasteiger partial charge in [0.1, 0.15) is 0 Å². The molecule has 1 unspecified atom stereocenters. The molecule has 2 heteroatoms. The van der Waals surface area contributed by atoms with Crippen molar-refractivity contribution in [1.29, 1.82) is 0 Å². The largest absolute Gasteiger partial charge is 0.0882 e. The zero-order chi connectivity index (χ0) is 7.40. The molecule has 0 saturated carbocycles. The van der Waals surface area contributed by atoms with Crippen molar-refractivity contribution in [3.63, 3.8) is 0 Å². The van der Waals surface area contributed by atoms with Gasteiger partial charge in [0.05, 0.1) is 0 Å². The molecule has 0 saturated heterocycles. The van der Waals surface area contributed by atoms with Gasteiger partial charge in [-0.05, 0) is 45.4 Å². The quantitative estimate of drug-likeness (QED) is 0.350. The molecule has 0 aromatic rings. The number of hydrogen-bond donors (Lipinski definition) is 0. The summed E-state index contributed by atoms with van der Waals surface area (Å²) in [6, 6.07) is 0. The Hall–Kier alpha value is 0.940. The van der Waals surface area contributed by atoms with Crippen molar-refractivity contribution in [3.8, 4) is 0 Å². The zero-order valence-electron chi connectivity index (χ0n) is 5.69. The summed E-state index contributed by atoms with van der Waals surface area (Å²) in [4.78, 5) is 0. The molecule has 0 nitrogen and oxygen atoms in total. The Morgan fingerprint density at radius 2 is 2.10 bits per heavy atom. The summed E-state index contributed by atoms with van der Waals surface area (Å²) in [7, 11) is 0. The van der Waals surface area contributed by atoms with E-state index in [1.165, 1.54) is 22.8 Å². The lowest BCUT2D eigenvalue weighted by molar-refractivity contribution is 0.982. The Morgan fingerprint density at radius 1 is 1.30 bits per heavy atom. The van der Waals surface area contributed by atoms with Crippen LogP contribution >= 0.6 is 45.2 Å². The van der Waals surface area contributed by atoms with E-state index in [1.807, 2.05) is 0 Å². The highest BCUT2D eigenvalue weighted by atomic mass is 127. The normalized spacial score (nSPS) is 30.2. The molecule has 1 aliphatic carbocycles. The standard InChI is InChI=1S/C8H10I2/c9-7-5-3-1-2-4-6-8(7)10/h1,3,6-7H,2,4-5H2/b3-1-,8-6?. The number of hydrogen-bond acceptors (Lipinski definition) is 0. The fraction of sp³-hybridized carbons (Fsp3) is 0.500. The van der Waals surface area contributed by atoms with Crippen LogP contribution in [-0.2, 0) is 0 Å². The summed E-state index contributed by atoms with van der Waals surface area (Å²) >= 11 is 4.94. The van der Waals surface area contributed by atoms with E-state index in [-0.39, 0.29) is 0 Å². The minimum Gasteiger partial charge on any atom is -0.0882 e. The highest BCUT2D eigenvalue weighted by Crippen LogP contribution is 2.25. The summed E-state index contributed by atoms with van der Waals surface area (Å²) in [5.41, 5.74) is 0. The Labute approximate surface area is 89.4 Å². The van der Waals surface area contributed by atoms with Crippen LogP contribution in [-0.4, -0.2) is 3.92 Å². The smallest absolute Gasteiger partial charge is 0.0448 e. The minimum absolute atomic E-state index is 0.717. The van der Waals surface area contributed by atoms with E-state index in [2.05, 4.69) is 63.4 Å². The van der Waals surface area contributed by atoms with Crippen molar-refractivity contribution in [2.45, 2.75) is 23.2 Å². The molecule has 0 fully saturated rings. The molecule has 10 heavy (non-hydrogen) atoms. The first-order valence-corrected chi connectivity index (χ1v) is 5.78. The molecule has 1 atom stereocenters. The summed E-state index contributed by atoms with van der Waals surface area (Å²) in [6.07, 6.45) is 10.6. The molecule has 0 aromatic heterocycles. The molecule has 0 amide bonds. The van der Waals surface area contributed by atoms with Gasteiger partial charge in [0.2, 0.25) is 0 Å². The van der Waals surface area contributed by atoms with Crippen molar-refractivity contribution in [1.82, 2.24) is 0 Å². The number of rotatable bonds is 0. The maximum absolute atomic E-state index is 2.50. The van der Waals surface area contributed by atoms with Gasteiger partial charge in [-0.2, -0.15) is 0 Å². The van der Waals surface area contributed by atoms with Crippen LogP contribution in [0.4, 0.5) is 0 Å². The first-order valence-electron chi connectivity index (χ1n) is 3.45. The van der Waals surface area contributed by atoms with E-state index in [0.29, 0.717) is 0 Å². The third-order valence-electron chi connectivity index (χ3n) is 1.48. The third kappa shape index (κ3) is 2.90. The maximum Gasteiger partial charge on any atom is 0.0448 e. The van der Waals surface area contributed by atoms with E-state index in [4.69, 9.17) is 0 Å². The zero-order valence-corrected chi connectivity index (χ0v) is 10.0. The molecule has 56 valence electrons. The van der Waals surface area contributed by atoms with Crippen molar-refractivity contribution < 1.29 is 0 Å². The Kier molecular flexibility index (Phi) is 4.28. The molecule has 0 heterocycles. The summed E-state index contributed by atoms with van der Waals surface area (Å²) in [5, 5.41) is 0. The van der Waals surface area contributed by atoms with Crippen LogP contribution in [0.5, 0.6) is 0 Å². The summed E-state index contributed by atoms with van der Waals surface area (Å²) < 4.78 is 2.23. The second-order valence-corrected chi connectivity index (χ2v) is 5.09. The average molecular weight is 360 g/mol. The van der Waals surface area contributed by atoms with Gasteiger partial charge < -0.3 is 0 Å². The number of allylic oxidation sites excluding steroid dienone is 4. The molecule has 0 radical (unpaired) electrons. The number of halogens is 2. The minimum atomic E-state index is 0.717. The molecule has 0 spiro atoms. The van der Waals surface area contributed by atoms with Gasteiger partial charge >= 0.3 is 0 Å². The topological polar surface area (TPSA) is 0 Å². The maximum atomic E-state index is 2.50. The molecule has 0 bridgehead atoms. The van der Waals surface area contributed by atoms with Crippen LogP contribution in [0.3, 0.4) is 0 Å². The molecule has 0 aromatic carbocycles. The predicted molar refractivity (Wildman–Crippen MR) is 62.9 cm³/mol. The van der Waals surface area contributed by atoms with Crippen LogP contribution in [0.1, 0.15) is 19.3 Å². The van der Waals surface area contributed by atoms with Gasteiger partial charge in [-0.15, -0.1) is 0 Å². The van der Waals surface area contributed by atoms with Crippen molar-refractivity contribution in [2.24, 2.45) is 0 Å². The van der Waals surface area contributed by atoms with Gasteiger partial charge in [-0.25, -0.2) is 0 Å². The Morgan fingerprint density at radius 3 is 2.90 bits per heavy atom. The SMILES string of the molecule is IC1=CCC/C=C\CC1I. The molecule has 0 N–H and O–H groups in total. The van der Waals surface area contributed by atoms with Crippen LogP contribution in [0.15, 0.2) is 21.8 Å². The van der Waals surface area contributed by atoms with Crippen molar-refractivity contribution in [2.75, 3.05) is 0 Å². The third-order valence-corrected chi connectivity index (χ3v) is 5.05. The molecule has 0 aliphatic heterocycles. The van der Waals surface area contributed by atoms with E-state index in [0.717, 1.165) is 3.92 Å². The van der Waals surface area contributed by atoms with Gasteiger partial charge in [0.25, 0.3) is 0 Å². The van der Waals surface area contributed by atoms with Crippen LogP contribution in [0.25, 0.3) is 0 Å². The Bertz CT molecular complexity index is 159. The fourth-order valence-electron chi connectivity index (χ4n) is 0.891. The lowest BCUT2D eigenvalue weighted by atomic mass is 10.1. The second kappa shape index (κ2) is 4.74. The van der Waals surface area contributed by atoms with E-state index in [1.54, 1.807) is 0 Å². The first-order chi connectivity index (χ1) is 4.80. The fourth-order valence-corrected chi connectivity index (χ4v) is 2.00. The monoisotopic (exact) mass is 360 g/mol. The van der Waals surface area contributed by atoms with Gasteiger partial charge in [-0.1, -0.05) is 40.8 Å².